The quantitative estimate of drug-likeness (QED) is 0.667. The lowest BCUT2D eigenvalue weighted by atomic mass is 9.97. The summed E-state index contributed by atoms with van der Waals surface area (Å²) >= 11 is 0. The average molecular weight is 387 g/mol. The Kier molecular flexibility index (Phi) is 7.32. The summed E-state index contributed by atoms with van der Waals surface area (Å²) in [5.74, 6) is -0.854. The first-order chi connectivity index (χ1) is 13.4. The molecule has 0 spiro atoms. The van der Waals surface area contributed by atoms with Crippen LogP contribution in [-0.2, 0) is 27.3 Å². The van der Waals surface area contributed by atoms with Crippen molar-refractivity contribution in [3.05, 3.63) is 54.6 Å². The van der Waals surface area contributed by atoms with Crippen molar-refractivity contribution in [2.75, 3.05) is 12.4 Å². The number of aryl methyl sites for hydroxylation is 1. The minimum absolute atomic E-state index is 0.0313. The molecule has 1 atom stereocenters. The van der Waals surface area contributed by atoms with Gasteiger partial charge in [-0.05, 0) is 18.6 Å². The molecule has 2 aromatic rings. The number of carboxylic acid groups (broad SMARTS) is 2. The molecule has 1 aromatic carbocycles. The van der Waals surface area contributed by atoms with Crippen molar-refractivity contribution in [1.29, 1.82) is 0 Å². The van der Waals surface area contributed by atoms with Gasteiger partial charge in [0, 0.05) is 43.4 Å². The van der Waals surface area contributed by atoms with E-state index in [0.717, 1.165) is 18.8 Å². The van der Waals surface area contributed by atoms with E-state index >= 15 is 0 Å². The number of aliphatic carboxylic acids is 2. The number of nitrogens with one attached hydrogen (secondary N) is 1. The zero-order valence-electron chi connectivity index (χ0n) is 15.2. The summed E-state index contributed by atoms with van der Waals surface area (Å²) in [6, 6.07) is 7.45. The maximum atomic E-state index is 12.4. The van der Waals surface area contributed by atoms with Gasteiger partial charge < -0.3 is 24.8 Å². The zero-order valence-corrected chi connectivity index (χ0v) is 15.2. The minimum atomic E-state index is -1.26. The average Bonchev–Trinajstić information content (AvgIpc) is 3.15. The van der Waals surface area contributed by atoms with Crippen LogP contribution in [-0.4, -0.2) is 44.7 Å². The van der Waals surface area contributed by atoms with Crippen LogP contribution in [0.5, 0.6) is 5.75 Å². The highest BCUT2D eigenvalue weighted by Crippen LogP contribution is 2.26. The summed E-state index contributed by atoms with van der Waals surface area (Å²) in [6.45, 7) is 0.847. The van der Waals surface area contributed by atoms with Crippen molar-refractivity contribution in [2.24, 2.45) is 5.92 Å². The van der Waals surface area contributed by atoms with E-state index in [9.17, 15) is 14.4 Å². The second-order valence-electron chi connectivity index (χ2n) is 5.93. The number of benzene rings is 1. The second kappa shape index (κ2) is 9.91. The molecule has 0 radical (unpaired) electrons. The van der Waals surface area contributed by atoms with E-state index in [1.54, 1.807) is 13.3 Å². The van der Waals surface area contributed by atoms with E-state index in [4.69, 9.17) is 14.9 Å². The molecule has 0 saturated carbocycles. The lowest BCUT2D eigenvalue weighted by molar-refractivity contribution is -0.134. The molecule has 9 heteroatoms. The van der Waals surface area contributed by atoms with Gasteiger partial charge in [0.05, 0.1) is 12.8 Å². The molecule has 0 saturated heterocycles. The first-order valence-electron chi connectivity index (χ1n) is 8.48. The highest BCUT2D eigenvalue weighted by Gasteiger charge is 2.25. The maximum absolute atomic E-state index is 12.4. The number of hydrogen-bond donors (Lipinski definition) is 3. The number of fused-ring (bicyclic) bond motifs is 1. The maximum Gasteiger partial charge on any atom is 0.328 e. The van der Waals surface area contributed by atoms with Crippen LogP contribution in [0.4, 0.5) is 5.69 Å². The summed E-state index contributed by atoms with van der Waals surface area (Å²) in [6.07, 6.45) is 6.39. The Hall–Kier alpha value is -3.62. The third kappa shape index (κ3) is 5.97. The molecular weight excluding hydrogens is 366 g/mol. The number of rotatable bonds is 5. The molecule has 148 valence electrons. The molecule has 0 fully saturated rings. The van der Waals surface area contributed by atoms with E-state index in [1.165, 1.54) is 0 Å². The Balaban J connectivity index is 0.000000300. The van der Waals surface area contributed by atoms with Crippen LogP contribution in [0.1, 0.15) is 12.2 Å². The first-order valence-corrected chi connectivity index (χ1v) is 8.48. The Morgan fingerprint density at radius 3 is 2.54 bits per heavy atom. The van der Waals surface area contributed by atoms with Crippen molar-refractivity contribution in [2.45, 2.75) is 19.4 Å². The third-order valence-electron chi connectivity index (χ3n) is 4.05. The highest BCUT2D eigenvalue weighted by molar-refractivity contribution is 5.94. The van der Waals surface area contributed by atoms with Crippen molar-refractivity contribution >= 4 is 23.5 Å². The topological polar surface area (TPSA) is 131 Å². The van der Waals surface area contributed by atoms with Gasteiger partial charge in [0.1, 0.15) is 11.6 Å². The van der Waals surface area contributed by atoms with Crippen molar-refractivity contribution in [3.8, 4) is 5.75 Å². The molecule has 1 amide bonds. The Bertz CT molecular complexity index is 858. The normalized spacial score (nSPS) is 15.1. The summed E-state index contributed by atoms with van der Waals surface area (Å²) < 4.78 is 7.35. The lowest BCUT2D eigenvalue weighted by Gasteiger charge is -2.23. The van der Waals surface area contributed by atoms with Gasteiger partial charge in [0.25, 0.3) is 0 Å². The molecule has 28 heavy (non-hydrogen) atoms. The van der Waals surface area contributed by atoms with E-state index in [0.29, 0.717) is 30.0 Å². The number of carboxylic acids is 2. The SMILES string of the molecule is COc1ccccc1NC(=O)C1CCn2ccnc2C1.O=C(O)/C=C/C(=O)O. The van der Waals surface area contributed by atoms with Gasteiger partial charge >= 0.3 is 11.9 Å². The fraction of sp³-hybridized carbons (Fsp3) is 0.263. The third-order valence-corrected chi connectivity index (χ3v) is 4.05. The smallest absolute Gasteiger partial charge is 0.328 e. The summed E-state index contributed by atoms with van der Waals surface area (Å²) in [4.78, 5) is 35.8. The lowest BCUT2D eigenvalue weighted by Crippen LogP contribution is -2.30. The van der Waals surface area contributed by atoms with E-state index in [-0.39, 0.29) is 11.8 Å². The number of aromatic nitrogens is 2. The van der Waals surface area contributed by atoms with Crippen LogP contribution in [0.3, 0.4) is 0 Å². The van der Waals surface area contributed by atoms with Crippen LogP contribution in [0.2, 0.25) is 0 Å². The van der Waals surface area contributed by atoms with Gasteiger partial charge in [-0.15, -0.1) is 0 Å². The van der Waals surface area contributed by atoms with Gasteiger partial charge in [-0.1, -0.05) is 12.1 Å². The number of methoxy groups -OCH3 is 1. The van der Waals surface area contributed by atoms with Crippen molar-refractivity contribution in [3.63, 3.8) is 0 Å². The number of carbonyl (C=O) groups excluding carboxylic acids is 1. The number of amides is 1. The van der Waals surface area contributed by atoms with E-state index in [2.05, 4.69) is 14.9 Å². The molecule has 3 N–H and O–H groups in total. The minimum Gasteiger partial charge on any atom is -0.495 e. The monoisotopic (exact) mass is 387 g/mol. The van der Waals surface area contributed by atoms with E-state index < -0.39 is 11.9 Å². The van der Waals surface area contributed by atoms with Crippen molar-refractivity contribution < 1.29 is 29.3 Å². The molecule has 1 unspecified atom stereocenters. The van der Waals surface area contributed by atoms with Gasteiger partial charge in [0.2, 0.25) is 5.91 Å². The number of nitrogens with zero attached hydrogens (tertiary/aromatic N) is 2. The van der Waals surface area contributed by atoms with Crippen LogP contribution >= 0.6 is 0 Å². The first kappa shape index (κ1) is 20.7. The molecule has 3 rings (SSSR count). The van der Waals surface area contributed by atoms with Crippen molar-refractivity contribution in [1.82, 2.24) is 9.55 Å². The van der Waals surface area contributed by atoms with Gasteiger partial charge in [-0.25, -0.2) is 14.6 Å². The highest BCUT2D eigenvalue weighted by atomic mass is 16.5. The van der Waals surface area contributed by atoms with Crippen LogP contribution < -0.4 is 10.1 Å². The predicted molar refractivity (Wildman–Crippen MR) is 100 cm³/mol. The fourth-order valence-electron chi connectivity index (χ4n) is 2.70. The molecule has 9 nitrogen and oxygen atoms in total. The molecule has 1 aliphatic heterocycles. The number of para-hydroxylation sites is 2. The number of carbonyl (C=O) groups is 3. The summed E-state index contributed by atoms with van der Waals surface area (Å²) in [5.41, 5.74) is 0.717. The Morgan fingerprint density at radius 1 is 1.21 bits per heavy atom. The molecule has 2 heterocycles. The summed E-state index contributed by atoms with van der Waals surface area (Å²) in [5, 5.41) is 18.6. The van der Waals surface area contributed by atoms with E-state index in [1.807, 2.05) is 30.5 Å². The fourth-order valence-corrected chi connectivity index (χ4v) is 2.70. The molecule has 0 aliphatic carbocycles. The summed E-state index contributed by atoms with van der Waals surface area (Å²) in [7, 11) is 1.60. The number of imidazole rings is 1. The zero-order chi connectivity index (χ0) is 20.5. The Morgan fingerprint density at radius 2 is 1.89 bits per heavy atom. The number of ether oxygens (including phenoxy) is 1. The predicted octanol–water partition coefficient (Wildman–Crippen LogP) is 1.80. The molecule has 1 aromatic heterocycles. The molecule has 1 aliphatic rings. The molecule has 0 bridgehead atoms. The number of hydrogen-bond acceptors (Lipinski definition) is 5. The molecular formula is C19H21N3O6. The second-order valence-corrected chi connectivity index (χ2v) is 5.93. The van der Waals surface area contributed by atoms with Gasteiger partial charge in [0.15, 0.2) is 0 Å². The largest absolute Gasteiger partial charge is 0.495 e. The van der Waals surface area contributed by atoms with Crippen LogP contribution in [0.15, 0.2) is 48.8 Å². The Labute approximate surface area is 161 Å². The van der Waals surface area contributed by atoms with Gasteiger partial charge in [-0.2, -0.15) is 0 Å². The van der Waals surface area contributed by atoms with Gasteiger partial charge in [-0.3, -0.25) is 4.79 Å². The van der Waals surface area contributed by atoms with Crippen LogP contribution in [0.25, 0.3) is 0 Å². The number of anilines is 1. The standard InChI is InChI=1S/C15H17N3O2.C4H4O4/c1-20-13-5-3-2-4-12(13)17-15(19)11-6-8-18-9-7-16-14(18)10-11;5-3(6)1-2-4(7)8/h2-5,7,9,11H,6,8,10H2,1H3,(H,17,19);1-2H,(H,5,6)(H,7,8)/b;2-1+. The van der Waals surface area contributed by atoms with Crippen LogP contribution in [0, 0.1) is 5.92 Å².